The molecule has 0 aliphatic rings. The van der Waals surface area contributed by atoms with Crippen molar-refractivity contribution < 1.29 is 0 Å². The van der Waals surface area contributed by atoms with Crippen molar-refractivity contribution in [2.75, 3.05) is 17.7 Å². The fraction of sp³-hybridized carbons (Fsp3) is 0.188. The number of fused-ring (bicyclic) bond motifs is 1. The van der Waals surface area contributed by atoms with E-state index < -0.39 is 0 Å². The number of aromatic nitrogens is 3. The maximum absolute atomic E-state index is 4.38. The smallest absolute Gasteiger partial charge is 0.139 e. The molecular formula is C16H17N5. The minimum absolute atomic E-state index is 0.827. The Morgan fingerprint density at radius 1 is 1.00 bits per heavy atom. The number of rotatable bonds is 4. The molecule has 106 valence electrons. The van der Waals surface area contributed by atoms with Gasteiger partial charge in [-0.25, -0.2) is 9.97 Å². The number of nitrogens with zero attached hydrogens (tertiary/aromatic N) is 3. The summed E-state index contributed by atoms with van der Waals surface area (Å²) in [4.78, 5) is 13.0. The average Bonchev–Trinajstić information content (AvgIpc) is 2.55. The lowest BCUT2D eigenvalue weighted by molar-refractivity contribution is 1.05. The summed E-state index contributed by atoms with van der Waals surface area (Å²) in [6, 6.07) is 10.0. The van der Waals surface area contributed by atoms with E-state index >= 15 is 0 Å². The second-order valence-electron chi connectivity index (χ2n) is 4.65. The molecule has 0 atom stereocenters. The summed E-state index contributed by atoms with van der Waals surface area (Å²) < 4.78 is 0. The Morgan fingerprint density at radius 2 is 1.86 bits per heavy atom. The summed E-state index contributed by atoms with van der Waals surface area (Å²) in [5, 5.41) is 7.59. The number of hydrogen-bond acceptors (Lipinski definition) is 5. The normalized spacial score (nSPS) is 10.6. The highest BCUT2D eigenvalue weighted by molar-refractivity contribution is 5.93. The number of benzene rings is 1. The minimum atomic E-state index is 0.827. The molecule has 0 saturated heterocycles. The number of hydrogen-bond donors (Lipinski definition) is 2. The molecule has 0 fully saturated rings. The lowest BCUT2D eigenvalue weighted by Crippen LogP contribution is -2.05. The fourth-order valence-corrected chi connectivity index (χ4v) is 2.41. The lowest BCUT2D eigenvalue weighted by Gasteiger charge is -2.14. The third-order valence-electron chi connectivity index (χ3n) is 3.43. The fourth-order valence-electron chi connectivity index (χ4n) is 2.41. The van der Waals surface area contributed by atoms with Crippen molar-refractivity contribution >= 4 is 28.2 Å². The van der Waals surface area contributed by atoms with Crippen LogP contribution < -0.4 is 10.6 Å². The third-order valence-corrected chi connectivity index (χ3v) is 3.43. The average molecular weight is 279 g/mol. The van der Waals surface area contributed by atoms with E-state index in [2.05, 4.69) is 38.6 Å². The van der Waals surface area contributed by atoms with Crippen LogP contribution in [-0.4, -0.2) is 22.0 Å². The van der Waals surface area contributed by atoms with Crippen LogP contribution in [0.1, 0.15) is 12.5 Å². The van der Waals surface area contributed by atoms with Gasteiger partial charge >= 0.3 is 0 Å². The Kier molecular flexibility index (Phi) is 3.64. The summed E-state index contributed by atoms with van der Waals surface area (Å²) in [7, 11) is 1.87. The SMILES string of the molecule is CCc1c(NC)ncnc1Nc1cccc2ncccc12. The number of pyridine rings is 1. The first-order valence-electron chi connectivity index (χ1n) is 6.96. The predicted octanol–water partition coefficient (Wildman–Crippen LogP) is 3.37. The Hall–Kier alpha value is -2.69. The zero-order valence-corrected chi connectivity index (χ0v) is 12.1. The van der Waals surface area contributed by atoms with Crippen molar-refractivity contribution in [3.8, 4) is 0 Å². The van der Waals surface area contributed by atoms with Gasteiger partial charge in [0.25, 0.3) is 0 Å². The van der Waals surface area contributed by atoms with Gasteiger partial charge < -0.3 is 10.6 Å². The van der Waals surface area contributed by atoms with E-state index in [-0.39, 0.29) is 0 Å². The first kappa shape index (κ1) is 13.3. The van der Waals surface area contributed by atoms with E-state index in [9.17, 15) is 0 Å². The minimum Gasteiger partial charge on any atom is -0.373 e. The highest BCUT2D eigenvalue weighted by Crippen LogP contribution is 2.27. The van der Waals surface area contributed by atoms with Crippen molar-refractivity contribution in [3.05, 3.63) is 48.4 Å². The van der Waals surface area contributed by atoms with E-state index in [1.165, 1.54) is 0 Å². The van der Waals surface area contributed by atoms with Gasteiger partial charge in [0, 0.05) is 29.9 Å². The van der Waals surface area contributed by atoms with Gasteiger partial charge in [0.15, 0.2) is 0 Å². The highest BCUT2D eigenvalue weighted by Gasteiger charge is 2.10. The van der Waals surface area contributed by atoms with Crippen molar-refractivity contribution in [1.29, 1.82) is 0 Å². The molecule has 0 bridgehead atoms. The molecule has 2 aromatic heterocycles. The van der Waals surface area contributed by atoms with Crippen LogP contribution in [-0.2, 0) is 6.42 Å². The molecule has 1 aromatic carbocycles. The molecule has 0 aliphatic carbocycles. The van der Waals surface area contributed by atoms with Gasteiger partial charge in [0.1, 0.15) is 18.0 Å². The summed E-state index contributed by atoms with van der Waals surface area (Å²) in [6.45, 7) is 2.09. The maximum atomic E-state index is 4.38. The molecule has 0 saturated carbocycles. The lowest BCUT2D eigenvalue weighted by atomic mass is 10.1. The molecule has 5 heteroatoms. The molecule has 5 nitrogen and oxygen atoms in total. The van der Waals surface area contributed by atoms with Gasteiger partial charge in [-0.3, -0.25) is 4.98 Å². The molecular weight excluding hydrogens is 262 g/mol. The quantitative estimate of drug-likeness (QED) is 0.766. The van der Waals surface area contributed by atoms with Crippen LogP contribution >= 0.6 is 0 Å². The number of anilines is 3. The van der Waals surface area contributed by atoms with Crippen LogP contribution in [0, 0.1) is 0 Å². The van der Waals surface area contributed by atoms with Gasteiger partial charge in [-0.15, -0.1) is 0 Å². The molecule has 3 rings (SSSR count). The van der Waals surface area contributed by atoms with E-state index in [0.29, 0.717) is 0 Å². The Balaban J connectivity index is 2.07. The second-order valence-corrected chi connectivity index (χ2v) is 4.65. The molecule has 3 aromatic rings. The van der Waals surface area contributed by atoms with Gasteiger partial charge in [-0.2, -0.15) is 0 Å². The van der Waals surface area contributed by atoms with E-state index in [1.54, 1.807) is 12.5 Å². The van der Waals surface area contributed by atoms with Crippen LogP contribution in [0.15, 0.2) is 42.9 Å². The van der Waals surface area contributed by atoms with Crippen molar-refractivity contribution in [2.24, 2.45) is 0 Å². The zero-order valence-electron chi connectivity index (χ0n) is 12.1. The molecule has 21 heavy (non-hydrogen) atoms. The Labute approximate surface area is 123 Å². The molecule has 2 N–H and O–H groups in total. The second kappa shape index (κ2) is 5.75. The van der Waals surface area contributed by atoms with Crippen LogP contribution in [0.2, 0.25) is 0 Å². The van der Waals surface area contributed by atoms with Crippen molar-refractivity contribution in [2.45, 2.75) is 13.3 Å². The first-order valence-corrected chi connectivity index (χ1v) is 6.96. The summed E-state index contributed by atoms with van der Waals surface area (Å²) >= 11 is 0. The largest absolute Gasteiger partial charge is 0.373 e. The van der Waals surface area contributed by atoms with Crippen LogP contribution in [0.5, 0.6) is 0 Å². The summed E-state index contributed by atoms with van der Waals surface area (Å²) in [5.74, 6) is 1.68. The zero-order chi connectivity index (χ0) is 14.7. The molecule has 0 spiro atoms. The third kappa shape index (κ3) is 2.50. The topological polar surface area (TPSA) is 62.7 Å². The Morgan fingerprint density at radius 3 is 2.67 bits per heavy atom. The standard InChI is InChI=1S/C16H17N5/c1-3-11-15(17-2)19-10-20-16(11)21-14-8-4-7-13-12(14)6-5-9-18-13/h4-10H,3H2,1-2H3,(H2,17,19,20,21). The highest BCUT2D eigenvalue weighted by atomic mass is 15.1. The summed E-state index contributed by atoms with van der Waals surface area (Å²) in [5.41, 5.74) is 3.03. The molecule has 0 unspecified atom stereocenters. The van der Waals surface area contributed by atoms with Gasteiger partial charge in [0.2, 0.25) is 0 Å². The van der Waals surface area contributed by atoms with Crippen molar-refractivity contribution in [1.82, 2.24) is 15.0 Å². The van der Waals surface area contributed by atoms with Crippen LogP contribution in [0.4, 0.5) is 17.3 Å². The molecule has 0 aliphatic heterocycles. The van der Waals surface area contributed by atoms with Gasteiger partial charge in [-0.05, 0) is 30.7 Å². The van der Waals surface area contributed by atoms with E-state index in [0.717, 1.165) is 40.2 Å². The van der Waals surface area contributed by atoms with Crippen molar-refractivity contribution in [3.63, 3.8) is 0 Å². The van der Waals surface area contributed by atoms with Gasteiger partial charge in [-0.1, -0.05) is 13.0 Å². The molecule has 0 amide bonds. The first-order chi connectivity index (χ1) is 10.3. The van der Waals surface area contributed by atoms with Crippen LogP contribution in [0.3, 0.4) is 0 Å². The maximum Gasteiger partial charge on any atom is 0.139 e. The van der Waals surface area contributed by atoms with E-state index in [4.69, 9.17) is 0 Å². The number of nitrogens with one attached hydrogen (secondary N) is 2. The summed E-state index contributed by atoms with van der Waals surface area (Å²) in [6.07, 6.45) is 4.21. The van der Waals surface area contributed by atoms with E-state index in [1.807, 2.05) is 31.3 Å². The molecule has 0 radical (unpaired) electrons. The Bertz CT molecular complexity index is 764. The molecule has 2 heterocycles. The predicted molar refractivity (Wildman–Crippen MR) is 86.0 cm³/mol. The monoisotopic (exact) mass is 279 g/mol. The van der Waals surface area contributed by atoms with Gasteiger partial charge in [0.05, 0.1) is 5.52 Å². The van der Waals surface area contributed by atoms with Crippen LogP contribution in [0.25, 0.3) is 10.9 Å².